The molecule has 3 fully saturated rings. The summed E-state index contributed by atoms with van der Waals surface area (Å²) in [6, 6.07) is 0.650. The van der Waals surface area contributed by atoms with E-state index in [2.05, 4.69) is 22.0 Å². The van der Waals surface area contributed by atoms with Gasteiger partial charge in [-0.05, 0) is 31.8 Å². The lowest BCUT2D eigenvalue weighted by Crippen LogP contribution is -2.54. The predicted molar refractivity (Wildman–Crippen MR) is 66.7 cm³/mol. The number of nitrogens with zero attached hydrogens (tertiary/aromatic N) is 2. The third-order valence-electron chi connectivity index (χ3n) is 4.73. The molecule has 1 unspecified atom stereocenters. The maximum atomic E-state index is 12.5. The molecule has 96 valence electrons. The number of nitrogens with one attached hydrogen (secondary N) is 1. The van der Waals surface area contributed by atoms with Gasteiger partial charge in [-0.15, -0.1) is 0 Å². The van der Waals surface area contributed by atoms with Crippen LogP contribution in [0, 0.1) is 11.8 Å². The van der Waals surface area contributed by atoms with Crippen molar-refractivity contribution in [3.05, 3.63) is 0 Å². The molecule has 3 rings (SSSR count). The minimum absolute atomic E-state index is 0.225. The lowest BCUT2D eigenvalue weighted by molar-refractivity contribution is -0.138. The van der Waals surface area contributed by atoms with Crippen LogP contribution in [-0.2, 0) is 4.79 Å². The van der Waals surface area contributed by atoms with Crippen LogP contribution >= 0.6 is 0 Å². The molecule has 17 heavy (non-hydrogen) atoms. The first-order valence-corrected chi connectivity index (χ1v) is 6.99. The number of rotatable bonds is 1. The summed E-state index contributed by atoms with van der Waals surface area (Å²) in [6.07, 6.45) is 2.59. The Kier molecular flexibility index (Phi) is 3.09. The van der Waals surface area contributed by atoms with Crippen molar-refractivity contribution in [3.8, 4) is 0 Å². The molecule has 0 aliphatic carbocycles. The molecule has 0 saturated carbocycles. The Morgan fingerprint density at radius 3 is 2.88 bits per heavy atom. The van der Waals surface area contributed by atoms with E-state index >= 15 is 0 Å². The van der Waals surface area contributed by atoms with Crippen LogP contribution in [0.4, 0.5) is 0 Å². The Bertz CT molecular complexity index is 307. The van der Waals surface area contributed by atoms with E-state index in [-0.39, 0.29) is 5.92 Å². The average Bonchev–Trinajstić information content (AvgIpc) is 2.95. The van der Waals surface area contributed by atoms with Crippen LogP contribution in [0.2, 0.25) is 0 Å². The lowest BCUT2D eigenvalue weighted by Gasteiger charge is -2.38. The van der Waals surface area contributed by atoms with Gasteiger partial charge in [-0.25, -0.2) is 0 Å². The highest BCUT2D eigenvalue weighted by molar-refractivity contribution is 5.80. The molecule has 0 aromatic carbocycles. The number of fused-ring (bicyclic) bond motifs is 1. The van der Waals surface area contributed by atoms with Gasteiger partial charge in [0, 0.05) is 32.2 Å². The van der Waals surface area contributed by atoms with E-state index in [1.807, 2.05) is 0 Å². The third kappa shape index (κ3) is 2.08. The van der Waals surface area contributed by atoms with E-state index in [4.69, 9.17) is 0 Å². The summed E-state index contributed by atoms with van der Waals surface area (Å²) in [7, 11) is 0. The van der Waals surface area contributed by atoms with E-state index < -0.39 is 0 Å². The van der Waals surface area contributed by atoms with Crippen LogP contribution in [0.5, 0.6) is 0 Å². The molecule has 0 bridgehead atoms. The first kappa shape index (κ1) is 11.5. The van der Waals surface area contributed by atoms with E-state index in [0.29, 0.717) is 17.9 Å². The number of piperazine rings is 1. The average molecular weight is 237 g/mol. The van der Waals surface area contributed by atoms with Gasteiger partial charge in [0.1, 0.15) is 0 Å². The molecule has 3 saturated heterocycles. The summed E-state index contributed by atoms with van der Waals surface area (Å²) < 4.78 is 0. The predicted octanol–water partition coefficient (Wildman–Crippen LogP) is 0.149. The standard InChI is InChI=1S/C13H23N3O/c1-10-7-14-8-12(10)13(17)16-6-5-15-4-2-3-11(15)9-16/h10-12,14H,2-9H2,1H3/t10-,11?,12-/m1/s1. The van der Waals surface area contributed by atoms with E-state index in [0.717, 1.165) is 32.7 Å². The van der Waals surface area contributed by atoms with Crippen LogP contribution in [-0.4, -0.2) is 61.0 Å². The van der Waals surface area contributed by atoms with Crippen molar-refractivity contribution in [2.45, 2.75) is 25.8 Å². The highest BCUT2D eigenvalue weighted by atomic mass is 16.2. The van der Waals surface area contributed by atoms with Gasteiger partial charge in [0.2, 0.25) is 5.91 Å². The van der Waals surface area contributed by atoms with Crippen molar-refractivity contribution in [1.82, 2.24) is 15.1 Å². The number of hydrogen-bond acceptors (Lipinski definition) is 3. The van der Waals surface area contributed by atoms with Gasteiger partial charge in [0.15, 0.2) is 0 Å². The smallest absolute Gasteiger partial charge is 0.227 e. The molecular weight excluding hydrogens is 214 g/mol. The van der Waals surface area contributed by atoms with Crippen molar-refractivity contribution in [1.29, 1.82) is 0 Å². The van der Waals surface area contributed by atoms with Gasteiger partial charge < -0.3 is 10.2 Å². The van der Waals surface area contributed by atoms with Crippen LogP contribution in [0.25, 0.3) is 0 Å². The second-order valence-corrected chi connectivity index (χ2v) is 5.86. The third-order valence-corrected chi connectivity index (χ3v) is 4.73. The molecule has 0 aromatic heterocycles. The zero-order valence-electron chi connectivity index (χ0n) is 10.7. The largest absolute Gasteiger partial charge is 0.340 e. The Morgan fingerprint density at radius 1 is 1.24 bits per heavy atom. The highest BCUT2D eigenvalue weighted by Crippen LogP contribution is 2.25. The van der Waals surface area contributed by atoms with Gasteiger partial charge >= 0.3 is 0 Å². The summed E-state index contributed by atoms with van der Waals surface area (Å²) >= 11 is 0. The maximum Gasteiger partial charge on any atom is 0.227 e. The van der Waals surface area contributed by atoms with Gasteiger partial charge in [0.05, 0.1) is 5.92 Å². The fourth-order valence-corrected chi connectivity index (χ4v) is 3.57. The fourth-order valence-electron chi connectivity index (χ4n) is 3.57. The van der Waals surface area contributed by atoms with E-state index in [1.54, 1.807) is 0 Å². The zero-order valence-corrected chi connectivity index (χ0v) is 10.7. The Labute approximate surface area is 103 Å². The molecule has 0 spiro atoms. The molecule has 1 N–H and O–H groups in total. The second kappa shape index (κ2) is 4.58. The number of hydrogen-bond donors (Lipinski definition) is 1. The summed E-state index contributed by atoms with van der Waals surface area (Å²) in [6.45, 7) is 8.32. The molecule has 0 radical (unpaired) electrons. The minimum atomic E-state index is 0.225. The minimum Gasteiger partial charge on any atom is -0.340 e. The van der Waals surface area contributed by atoms with E-state index in [1.165, 1.54) is 19.4 Å². The van der Waals surface area contributed by atoms with Crippen LogP contribution in [0.3, 0.4) is 0 Å². The fraction of sp³-hybridized carbons (Fsp3) is 0.923. The highest BCUT2D eigenvalue weighted by Gasteiger charge is 2.37. The Morgan fingerprint density at radius 2 is 2.12 bits per heavy atom. The lowest BCUT2D eigenvalue weighted by atomic mass is 9.96. The second-order valence-electron chi connectivity index (χ2n) is 5.86. The Hall–Kier alpha value is -0.610. The van der Waals surface area contributed by atoms with Gasteiger partial charge in [0.25, 0.3) is 0 Å². The molecule has 3 aliphatic rings. The molecule has 4 nitrogen and oxygen atoms in total. The van der Waals surface area contributed by atoms with Crippen molar-refractivity contribution < 1.29 is 4.79 Å². The van der Waals surface area contributed by atoms with Gasteiger partial charge in [-0.1, -0.05) is 6.92 Å². The van der Waals surface area contributed by atoms with Crippen molar-refractivity contribution >= 4 is 5.91 Å². The van der Waals surface area contributed by atoms with Crippen LogP contribution < -0.4 is 5.32 Å². The summed E-state index contributed by atoms with van der Waals surface area (Å²) in [4.78, 5) is 17.1. The van der Waals surface area contributed by atoms with Gasteiger partial charge in [-0.2, -0.15) is 0 Å². The molecule has 0 aromatic rings. The molecule has 3 aliphatic heterocycles. The van der Waals surface area contributed by atoms with Gasteiger partial charge in [-0.3, -0.25) is 9.69 Å². The molecule has 3 heterocycles. The number of amides is 1. The first-order valence-electron chi connectivity index (χ1n) is 6.99. The van der Waals surface area contributed by atoms with Crippen molar-refractivity contribution in [2.75, 3.05) is 39.3 Å². The number of carbonyl (C=O) groups excluding carboxylic acids is 1. The van der Waals surface area contributed by atoms with Crippen LogP contribution in [0.15, 0.2) is 0 Å². The summed E-state index contributed by atoms with van der Waals surface area (Å²) in [5, 5.41) is 3.33. The van der Waals surface area contributed by atoms with Crippen LogP contribution in [0.1, 0.15) is 19.8 Å². The quantitative estimate of drug-likeness (QED) is 0.705. The zero-order chi connectivity index (χ0) is 11.8. The topological polar surface area (TPSA) is 35.6 Å². The normalized spacial score (nSPS) is 38.4. The molecule has 1 amide bonds. The molecular formula is C13H23N3O. The first-order chi connectivity index (χ1) is 8.25. The maximum absolute atomic E-state index is 12.5. The monoisotopic (exact) mass is 237 g/mol. The van der Waals surface area contributed by atoms with Crippen molar-refractivity contribution in [2.24, 2.45) is 11.8 Å². The SMILES string of the molecule is C[C@@H]1CNC[C@H]1C(=O)N1CCN2CCCC2C1. The Balaban J connectivity index is 1.62. The molecule has 4 heteroatoms. The molecule has 3 atom stereocenters. The van der Waals surface area contributed by atoms with E-state index in [9.17, 15) is 4.79 Å². The summed E-state index contributed by atoms with van der Waals surface area (Å²) in [5.41, 5.74) is 0. The number of carbonyl (C=O) groups is 1. The van der Waals surface area contributed by atoms with Crippen molar-refractivity contribution in [3.63, 3.8) is 0 Å². The summed E-state index contributed by atoms with van der Waals surface area (Å²) in [5.74, 6) is 1.13.